The van der Waals surface area contributed by atoms with Gasteiger partial charge in [0.05, 0.1) is 22.9 Å². The fourth-order valence-corrected chi connectivity index (χ4v) is 4.86. The second-order valence-corrected chi connectivity index (χ2v) is 9.14. The van der Waals surface area contributed by atoms with Crippen LogP contribution in [0.3, 0.4) is 0 Å². The van der Waals surface area contributed by atoms with Gasteiger partial charge in [0.2, 0.25) is 5.91 Å². The molecule has 3 aromatic carbocycles. The van der Waals surface area contributed by atoms with Crippen molar-refractivity contribution in [1.29, 1.82) is 0 Å². The van der Waals surface area contributed by atoms with Gasteiger partial charge in [0.1, 0.15) is 31.3 Å². The first-order valence-electron chi connectivity index (χ1n) is 10.6. The Labute approximate surface area is 196 Å². The summed E-state index contributed by atoms with van der Waals surface area (Å²) in [7, 11) is -4.27. The molecule has 8 nitrogen and oxygen atoms in total. The number of benzene rings is 3. The fraction of sp³-hybridized carbons (Fsp3) is 0.208. The molecule has 0 saturated heterocycles. The molecule has 178 valence electrons. The van der Waals surface area contributed by atoms with Crippen LogP contribution < -0.4 is 23.8 Å². The number of halogens is 1. The fourth-order valence-electron chi connectivity index (χ4n) is 3.43. The zero-order valence-electron chi connectivity index (χ0n) is 18.4. The summed E-state index contributed by atoms with van der Waals surface area (Å²) in [6.45, 7) is 2.25. The normalized spacial score (nSPS) is 12.6. The minimum absolute atomic E-state index is 0.00290. The van der Waals surface area contributed by atoms with Gasteiger partial charge in [-0.3, -0.25) is 9.10 Å². The summed E-state index contributed by atoms with van der Waals surface area (Å²) >= 11 is 0. The van der Waals surface area contributed by atoms with Gasteiger partial charge in [-0.15, -0.1) is 0 Å². The van der Waals surface area contributed by atoms with E-state index in [1.54, 1.807) is 24.3 Å². The summed E-state index contributed by atoms with van der Waals surface area (Å²) in [6.07, 6.45) is 0. The zero-order valence-corrected chi connectivity index (χ0v) is 19.2. The van der Waals surface area contributed by atoms with Crippen LogP contribution in [0.15, 0.2) is 71.6 Å². The first-order valence-corrected chi connectivity index (χ1v) is 12.0. The molecule has 4 rings (SSSR count). The monoisotopic (exact) mass is 486 g/mol. The maximum absolute atomic E-state index is 14.0. The van der Waals surface area contributed by atoms with Crippen molar-refractivity contribution in [3.05, 3.63) is 72.5 Å². The molecular formula is C24H23FN2O6S. The summed E-state index contributed by atoms with van der Waals surface area (Å²) in [5, 5.41) is 2.68. The van der Waals surface area contributed by atoms with Crippen LogP contribution in [0.25, 0.3) is 0 Å². The van der Waals surface area contributed by atoms with Crippen molar-refractivity contribution in [1.82, 2.24) is 0 Å². The molecule has 0 fully saturated rings. The standard InChI is InChI=1S/C24H23FN2O6S/c1-2-31-21-9-4-3-8-20(21)26-24(28)16-27(18-7-5-6-17(25)14-18)34(29,30)19-10-11-22-23(15-19)33-13-12-32-22/h3-11,14-15H,2,12-13,16H2,1H3,(H,26,28). The van der Waals surface area contributed by atoms with Gasteiger partial charge in [0, 0.05) is 6.07 Å². The van der Waals surface area contributed by atoms with Crippen LogP contribution in [0.2, 0.25) is 0 Å². The highest BCUT2D eigenvalue weighted by Crippen LogP contribution is 2.34. The predicted octanol–water partition coefficient (Wildman–Crippen LogP) is 3.83. The molecule has 34 heavy (non-hydrogen) atoms. The molecule has 1 aliphatic heterocycles. The van der Waals surface area contributed by atoms with Crippen molar-refractivity contribution in [2.24, 2.45) is 0 Å². The quantitative estimate of drug-likeness (QED) is 0.520. The number of nitrogens with one attached hydrogen (secondary N) is 1. The predicted molar refractivity (Wildman–Crippen MR) is 125 cm³/mol. The van der Waals surface area contributed by atoms with Crippen molar-refractivity contribution < 1.29 is 31.8 Å². The number of hydrogen-bond acceptors (Lipinski definition) is 6. The highest BCUT2D eigenvalue weighted by Gasteiger charge is 2.29. The lowest BCUT2D eigenvalue weighted by molar-refractivity contribution is -0.114. The number of nitrogens with zero attached hydrogens (tertiary/aromatic N) is 1. The van der Waals surface area contributed by atoms with Crippen molar-refractivity contribution in [2.45, 2.75) is 11.8 Å². The molecule has 0 saturated carbocycles. The van der Waals surface area contributed by atoms with Crippen molar-refractivity contribution >= 4 is 27.3 Å². The Kier molecular flexibility index (Phi) is 6.87. The molecule has 1 aliphatic rings. The number of carbonyl (C=O) groups is 1. The Morgan fingerprint density at radius 2 is 1.79 bits per heavy atom. The summed E-state index contributed by atoms with van der Waals surface area (Å²) in [6, 6.07) is 16.0. The summed E-state index contributed by atoms with van der Waals surface area (Å²) in [5.41, 5.74) is 0.397. The number of sulfonamides is 1. The van der Waals surface area contributed by atoms with Gasteiger partial charge < -0.3 is 19.5 Å². The number of rotatable bonds is 8. The van der Waals surface area contributed by atoms with E-state index < -0.39 is 28.3 Å². The molecule has 1 N–H and O–H groups in total. The number of para-hydroxylation sites is 2. The van der Waals surface area contributed by atoms with E-state index >= 15 is 0 Å². The number of carbonyl (C=O) groups excluding carboxylic acids is 1. The average Bonchev–Trinajstić information content (AvgIpc) is 2.83. The van der Waals surface area contributed by atoms with E-state index in [4.69, 9.17) is 14.2 Å². The number of fused-ring (bicyclic) bond motifs is 1. The SMILES string of the molecule is CCOc1ccccc1NC(=O)CN(c1cccc(F)c1)S(=O)(=O)c1ccc2c(c1)OCCO2. The first-order chi connectivity index (χ1) is 16.4. The van der Waals surface area contributed by atoms with Gasteiger partial charge in [-0.1, -0.05) is 18.2 Å². The van der Waals surface area contributed by atoms with Crippen LogP contribution in [-0.2, 0) is 14.8 Å². The van der Waals surface area contributed by atoms with E-state index in [0.29, 0.717) is 30.4 Å². The second-order valence-electron chi connectivity index (χ2n) is 7.27. The minimum Gasteiger partial charge on any atom is -0.492 e. The third-order valence-electron chi connectivity index (χ3n) is 4.95. The molecule has 1 heterocycles. The summed E-state index contributed by atoms with van der Waals surface area (Å²) < 4.78 is 58.5. The third kappa shape index (κ3) is 5.07. The van der Waals surface area contributed by atoms with Crippen molar-refractivity contribution in [3.63, 3.8) is 0 Å². The first kappa shape index (κ1) is 23.4. The highest BCUT2D eigenvalue weighted by atomic mass is 32.2. The smallest absolute Gasteiger partial charge is 0.264 e. The van der Waals surface area contributed by atoms with Gasteiger partial charge in [-0.2, -0.15) is 0 Å². The molecule has 0 spiro atoms. The van der Waals surface area contributed by atoms with Crippen LogP contribution in [0.5, 0.6) is 17.2 Å². The van der Waals surface area contributed by atoms with Gasteiger partial charge >= 0.3 is 0 Å². The number of hydrogen-bond donors (Lipinski definition) is 1. The lowest BCUT2D eigenvalue weighted by Crippen LogP contribution is -2.38. The highest BCUT2D eigenvalue weighted by molar-refractivity contribution is 7.92. The molecule has 0 aliphatic carbocycles. The van der Waals surface area contributed by atoms with Crippen LogP contribution in [-0.4, -0.2) is 40.7 Å². The van der Waals surface area contributed by atoms with Crippen LogP contribution >= 0.6 is 0 Å². The molecule has 1 amide bonds. The number of anilines is 2. The van der Waals surface area contributed by atoms with Crippen LogP contribution in [0.1, 0.15) is 6.92 Å². The Balaban J connectivity index is 1.67. The van der Waals surface area contributed by atoms with Crippen LogP contribution in [0.4, 0.5) is 15.8 Å². The van der Waals surface area contributed by atoms with E-state index in [0.717, 1.165) is 10.4 Å². The third-order valence-corrected chi connectivity index (χ3v) is 6.72. The second kappa shape index (κ2) is 10.0. The average molecular weight is 487 g/mol. The van der Waals surface area contributed by atoms with Gasteiger partial charge in [-0.05, 0) is 49.4 Å². The Hall–Kier alpha value is -3.79. The minimum atomic E-state index is -4.27. The van der Waals surface area contributed by atoms with E-state index in [2.05, 4.69) is 5.32 Å². The van der Waals surface area contributed by atoms with E-state index in [1.807, 2.05) is 6.92 Å². The maximum Gasteiger partial charge on any atom is 0.264 e. The van der Waals surface area contributed by atoms with Crippen LogP contribution in [0, 0.1) is 5.82 Å². The summed E-state index contributed by atoms with van der Waals surface area (Å²) in [5.74, 6) is -0.112. The molecular weight excluding hydrogens is 463 g/mol. The molecule has 3 aromatic rings. The van der Waals surface area contributed by atoms with Gasteiger partial charge in [0.25, 0.3) is 10.0 Å². The van der Waals surface area contributed by atoms with E-state index in [9.17, 15) is 17.6 Å². The van der Waals surface area contributed by atoms with Crippen molar-refractivity contribution in [3.8, 4) is 17.2 Å². The molecule has 10 heteroatoms. The topological polar surface area (TPSA) is 94.2 Å². The maximum atomic E-state index is 14.0. The molecule has 0 unspecified atom stereocenters. The number of amides is 1. The van der Waals surface area contributed by atoms with E-state index in [1.165, 1.54) is 36.4 Å². The Morgan fingerprint density at radius 3 is 2.56 bits per heavy atom. The lowest BCUT2D eigenvalue weighted by atomic mass is 10.3. The lowest BCUT2D eigenvalue weighted by Gasteiger charge is -2.25. The molecule has 0 atom stereocenters. The van der Waals surface area contributed by atoms with E-state index in [-0.39, 0.29) is 22.9 Å². The molecule has 0 radical (unpaired) electrons. The Morgan fingerprint density at radius 1 is 1.03 bits per heavy atom. The molecule has 0 aromatic heterocycles. The Bertz CT molecular complexity index is 1300. The van der Waals surface area contributed by atoms with Gasteiger partial charge in [0.15, 0.2) is 11.5 Å². The summed E-state index contributed by atoms with van der Waals surface area (Å²) in [4.78, 5) is 12.8. The van der Waals surface area contributed by atoms with Crippen molar-refractivity contribution in [2.75, 3.05) is 36.0 Å². The number of ether oxygens (including phenoxy) is 3. The molecule has 0 bridgehead atoms. The van der Waals surface area contributed by atoms with Gasteiger partial charge in [-0.25, -0.2) is 12.8 Å². The zero-order chi connectivity index (χ0) is 24.1. The largest absolute Gasteiger partial charge is 0.492 e.